The molecule has 0 saturated carbocycles. The van der Waals surface area contributed by atoms with Crippen molar-refractivity contribution in [1.29, 1.82) is 0 Å². The van der Waals surface area contributed by atoms with Gasteiger partial charge in [-0.05, 0) is 5.92 Å². The first-order valence-corrected chi connectivity index (χ1v) is 5.08. The summed E-state index contributed by atoms with van der Waals surface area (Å²) in [5.74, 6) is 1.86. The SMILES string of the molecule is C#CCN1CCN(CC(C)C)C(=O)C1=O. The summed E-state index contributed by atoms with van der Waals surface area (Å²) in [4.78, 5) is 26.2. The number of hydrogen-bond donors (Lipinski definition) is 0. The number of amides is 2. The minimum atomic E-state index is -0.472. The second-order valence-electron chi connectivity index (χ2n) is 4.08. The van der Waals surface area contributed by atoms with Gasteiger partial charge in [0.1, 0.15) is 0 Å². The molecule has 1 fully saturated rings. The lowest BCUT2D eigenvalue weighted by Crippen LogP contribution is -2.55. The van der Waals surface area contributed by atoms with Crippen LogP contribution < -0.4 is 0 Å². The zero-order valence-corrected chi connectivity index (χ0v) is 9.19. The number of nitrogens with zero attached hydrogens (tertiary/aromatic N) is 2. The third kappa shape index (κ3) is 2.72. The highest BCUT2D eigenvalue weighted by molar-refractivity contribution is 6.35. The van der Waals surface area contributed by atoms with E-state index in [0.717, 1.165) is 0 Å². The van der Waals surface area contributed by atoms with Crippen molar-refractivity contribution in [1.82, 2.24) is 9.80 Å². The molecule has 0 radical (unpaired) electrons. The van der Waals surface area contributed by atoms with Crippen LogP contribution in [0.1, 0.15) is 13.8 Å². The molecule has 0 bridgehead atoms. The average Bonchev–Trinajstić information content (AvgIpc) is 2.17. The number of hydrogen-bond acceptors (Lipinski definition) is 2. The van der Waals surface area contributed by atoms with Crippen LogP contribution in [0.15, 0.2) is 0 Å². The van der Waals surface area contributed by atoms with Crippen molar-refractivity contribution in [3.8, 4) is 12.3 Å². The Morgan fingerprint density at radius 2 is 1.80 bits per heavy atom. The maximum absolute atomic E-state index is 11.6. The standard InChI is InChI=1S/C11H16N2O2/c1-4-5-12-6-7-13(8-9(2)3)11(15)10(12)14/h1,9H,5-8H2,2-3H3. The van der Waals surface area contributed by atoms with Crippen molar-refractivity contribution in [2.45, 2.75) is 13.8 Å². The third-order valence-electron chi connectivity index (χ3n) is 2.26. The lowest BCUT2D eigenvalue weighted by atomic mass is 10.2. The highest BCUT2D eigenvalue weighted by Gasteiger charge is 2.31. The van der Waals surface area contributed by atoms with Gasteiger partial charge in [-0.15, -0.1) is 6.42 Å². The highest BCUT2D eigenvalue weighted by atomic mass is 16.2. The van der Waals surface area contributed by atoms with Crippen LogP contribution in [0.25, 0.3) is 0 Å². The molecule has 15 heavy (non-hydrogen) atoms. The topological polar surface area (TPSA) is 40.6 Å². The second-order valence-corrected chi connectivity index (χ2v) is 4.08. The summed E-state index contributed by atoms with van der Waals surface area (Å²) in [7, 11) is 0. The molecule has 0 aliphatic carbocycles. The van der Waals surface area contributed by atoms with E-state index >= 15 is 0 Å². The molecule has 1 aliphatic rings. The number of piperazine rings is 1. The van der Waals surface area contributed by atoms with E-state index in [0.29, 0.717) is 25.6 Å². The molecule has 1 aliphatic heterocycles. The van der Waals surface area contributed by atoms with Gasteiger partial charge in [0.05, 0.1) is 6.54 Å². The fourth-order valence-electron chi connectivity index (χ4n) is 1.59. The van der Waals surface area contributed by atoms with Crippen LogP contribution in [0.2, 0.25) is 0 Å². The number of carbonyl (C=O) groups is 2. The molecule has 1 heterocycles. The molecule has 0 aromatic heterocycles. The quantitative estimate of drug-likeness (QED) is 0.482. The van der Waals surface area contributed by atoms with Crippen LogP contribution in [-0.4, -0.2) is 47.8 Å². The van der Waals surface area contributed by atoms with E-state index in [-0.39, 0.29) is 6.54 Å². The van der Waals surface area contributed by atoms with E-state index < -0.39 is 11.8 Å². The lowest BCUT2D eigenvalue weighted by molar-refractivity contribution is -0.155. The van der Waals surface area contributed by atoms with Gasteiger partial charge < -0.3 is 9.80 Å². The molecule has 0 aromatic carbocycles. The molecule has 4 heteroatoms. The minimum Gasteiger partial charge on any atom is -0.332 e. The molecule has 0 N–H and O–H groups in total. The normalized spacial score (nSPS) is 17.2. The van der Waals surface area contributed by atoms with Crippen molar-refractivity contribution >= 4 is 11.8 Å². The molecular weight excluding hydrogens is 192 g/mol. The summed E-state index contributed by atoms with van der Waals surface area (Å²) in [5, 5.41) is 0. The smallest absolute Gasteiger partial charge is 0.312 e. The van der Waals surface area contributed by atoms with Crippen molar-refractivity contribution in [3.05, 3.63) is 0 Å². The monoisotopic (exact) mass is 208 g/mol. The van der Waals surface area contributed by atoms with Gasteiger partial charge in [-0.1, -0.05) is 19.8 Å². The highest BCUT2D eigenvalue weighted by Crippen LogP contribution is 2.07. The summed E-state index contributed by atoms with van der Waals surface area (Å²) in [6, 6.07) is 0. The molecule has 1 rings (SSSR count). The lowest BCUT2D eigenvalue weighted by Gasteiger charge is -2.33. The summed E-state index contributed by atoms with van der Waals surface area (Å²) < 4.78 is 0. The fourth-order valence-corrected chi connectivity index (χ4v) is 1.59. The van der Waals surface area contributed by atoms with Crippen molar-refractivity contribution in [2.75, 3.05) is 26.2 Å². The van der Waals surface area contributed by atoms with Gasteiger partial charge in [0.15, 0.2) is 0 Å². The Labute approximate surface area is 90.2 Å². The molecule has 2 amide bonds. The fraction of sp³-hybridized carbons (Fsp3) is 0.636. The Bertz CT molecular complexity index is 304. The first-order chi connectivity index (χ1) is 7.06. The molecule has 0 atom stereocenters. The Morgan fingerprint density at radius 1 is 1.27 bits per heavy atom. The zero-order chi connectivity index (χ0) is 11.4. The molecule has 4 nitrogen and oxygen atoms in total. The molecular formula is C11H16N2O2. The maximum Gasteiger partial charge on any atom is 0.312 e. The maximum atomic E-state index is 11.6. The number of terminal acetylenes is 1. The van der Waals surface area contributed by atoms with Gasteiger partial charge in [-0.25, -0.2) is 0 Å². The minimum absolute atomic E-state index is 0.222. The summed E-state index contributed by atoms with van der Waals surface area (Å²) in [6.07, 6.45) is 5.11. The number of rotatable bonds is 3. The van der Waals surface area contributed by atoms with Crippen molar-refractivity contribution in [3.63, 3.8) is 0 Å². The molecule has 0 aromatic rings. The predicted molar refractivity (Wildman–Crippen MR) is 56.8 cm³/mol. The van der Waals surface area contributed by atoms with Crippen molar-refractivity contribution < 1.29 is 9.59 Å². The summed E-state index contributed by atoms with van der Waals surface area (Å²) in [6.45, 7) is 6.03. The van der Waals surface area contributed by atoms with Crippen LogP contribution >= 0.6 is 0 Å². The summed E-state index contributed by atoms with van der Waals surface area (Å²) in [5.41, 5.74) is 0. The average molecular weight is 208 g/mol. The van der Waals surface area contributed by atoms with Crippen LogP contribution in [0.4, 0.5) is 0 Å². The first kappa shape index (κ1) is 11.6. The molecule has 0 unspecified atom stereocenters. The van der Waals surface area contributed by atoms with E-state index in [4.69, 9.17) is 6.42 Å². The van der Waals surface area contributed by atoms with Crippen LogP contribution in [0, 0.1) is 18.3 Å². The van der Waals surface area contributed by atoms with Crippen molar-refractivity contribution in [2.24, 2.45) is 5.92 Å². The Morgan fingerprint density at radius 3 is 2.33 bits per heavy atom. The van der Waals surface area contributed by atoms with Crippen LogP contribution in [0.3, 0.4) is 0 Å². The summed E-state index contributed by atoms with van der Waals surface area (Å²) >= 11 is 0. The third-order valence-corrected chi connectivity index (χ3v) is 2.26. The van der Waals surface area contributed by atoms with Gasteiger partial charge in [0.2, 0.25) is 0 Å². The molecule has 0 spiro atoms. The van der Waals surface area contributed by atoms with E-state index in [2.05, 4.69) is 5.92 Å². The van der Waals surface area contributed by atoms with E-state index in [1.165, 1.54) is 4.90 Å². The largest absolute Gasteiger partial charge is 0.332 e. The van der Waals surface area contributed by atoms with Crippen LogP contribution in [0.5, 0.6) is 0 Å². The van der Waals surface area contributed by atoms with Gasteiger partial charge in [0, 0.05) is 19.6 Å². The van der Waals surface area contributed by atoms with Gasteiger partial charge in [0.25, 0.3) is 0 Å². The van der Waals surface area contributed by atoms with E-state index in [1.54, 1.807) is 4.90 Å². The van der Waals surface area contributed by atoms with E-state index in [1.807, 2.05) is 13.8 Å². The molecule has 1 saturated heterocycles. The van der Waals surface area contributed by atoms with Crippen LogP contribution in [-0.2, 0) is 9.59 Å². The Kier molecular flexibility index (Phi) is 3.73. The predicted octanol–water partition coefficient (Wildman–Crippen LogP) is -0.0536. The molecule has 82 valence electrons. The number of carbonyl (C=O) groups excluding carboxylic acids is 2. The Hall–Kier alpha value is -1.50. The Balaban J connectivity index is 2.61. The first-order valence-electron chi connectivity index (χ1n) is 5.08. The van der Waals surface area contributed by atoms with Gasteiger partial charge in [-0.2, -0.15) is 0 Å². The van der Waals surface area contributed by atoms with Gasteiger partial charge >= 0.3 is 11.8 Å². The van der Waals surface area contributed by atoms with E-state index in [9.17, 15) is 9.59 Å². The van der Waals surface area contributed by atoms with Gasteiger partial charge in [-0.3, -0.25) is 9.59 Å². The zero-order valence-electron chi connectivity index (χ0n) is 9.19. The second kappa shape index (κ2) is 4.83.